The molecule has 0 unspecified atom stereocenters. The predicted molar refractivity (Wildman–Crippen MR) is 51.4 cm³/mol. The summed E-state index contributed by atoms with van der Waals surface area (Å²) >= 11 is 0. The Balaban J connectivity index is 2.17. The minimum absolute atomic E-state index is 0.196. The van der Waals surface area contributed by atoms with Gasteiger partial charge in [0, 0.05) is 31.8 Å². The topological polar surface area (TPSA) is 46.1 Å². The molecule has 4 nitrogen and oxygen atoms in total. The van der Waals surface area contributed by atoms with Crippen LogP contribution in [-0.4, -0.2) is 27.3 Å². The van der Waals surface area contributed by atoms with Crippen LogP contribution in [0.5, 0.6) is 0 Å². The van der Waals surface area contributed by atoms with Gasteiger partial charge < -0.3 is 4.90 Å². The Bertz CT molecular complexity index is 351. The molecule has 0 saturated heterocycles. The van der Waals surface area contributed by atoms with Crippen LogP contribution < -0.4 is 0 Å². The maximum atomic E-state index is 11.5. The number of hydrogen-bond acceptors (Lipinski definition) is 3. The van der Waals surface area contributed by atoms with Crippen molar-refractivity contribution < 1.29 is 4.79 Å². The second-order valence-corrected chi connectivity index (χ2v) is 3.37. The smallest absolute Gasteiger partial charge is 0.222 e. The second kappa shape index (κ2) is 3.74. The van der Waals surface area contributed by atoms with Gasteiger partial charge >= 0.3 is 0 Å². The molecule has 0 aliphatic carbocycles. The van der Waals surface area contributed by atoms with Gasteiger partial charge in [-0.3, -0.25) is 14.8 Å². The van der Waals surface area contributed by atoms with Crippen molar-refractivity contribution in [3.63, 3.8) is 0 Å². The Morgan fingerprint density at radius 1 is 1.43 bits per heavy atom. The zero-order chi connectivity index (χ0) is 9.97. The van der Waals surface area contributed by atoms with Gasteiger partial charge in [-0.1, -0.05) is 6.92 Å². The Hall–Kier alpha value is -1.45. The lowest BCUT2D eigenvalue weighted by atomic mass is 10.1. The van der Waals surface area contributed by atoms with Crippen LogP contribution in [0.25, 0.3) is 0 Å². The zero-order valence-corrected chi connectivity index (χ0v) is 8.23. The molecular weight excluding hydrogens is 178 g/mol. The highest BCUT2D eigenvalue weighted by molar-refractivity contribution is 5.76. The molecule has 0 aromatic carbocycles. The molecule has 2 heterocycles. The summed E-state index contributed by atoms with van der Waals surface area (Å²) in [6.07, 6.45) is 4.78. The Morgan fingerprint density at radius 3 is 2.86 bits per heavy atom. The number of aromatic nitrogens is 2. The maximum absolute atomic E-state index is 11.5. The quantitative estimate of drug-likeness (QED) is 0.658. The molecule has 0 spiro atoms. The lowest BCUT2D eigenvalue weighted by molar-refractivity contribution is -0.131. The van der Waals surface area contributed by atoms with E-state index in [2.05, 4.69) is 9.97 Å². The van der Waals surface area contributed by atoms with E-state index in [1.807, 2.05) is 11.8 Å². The van der Waals surface area contributed by atoms with Crippen molar-refractivity contribution in [2.75, 3.05) is 6.54 Å². The second-order valence-electron chi connectivity index (χ2n) is 3.37. The van der Waals surface area contributed by atoms with Crippen LogP contribution in [0.15, 0.2) is 12.4 Å². The standard InChI is InChI=1S/C10H13N3O/c1-2-10(14)13-6-3-8-9(7-13)12-5-4-11-8/h4-5H,2-3,6-7H2,1H3. The van der Waals surface area contributed by atoms with E-state index in [4.69, 9.17) is 0 Å². The molecule has 0 N–H and O–H groups in total. The molecule has 74 valence electrons. The summed E-state index contributed by atoms with van der Waals surface area (Å²) in [6.45, 7) is 3.28. The first kappa shape index (κ1) is 9.12. The normalized spacial score (nSPS) is 15.1. The first-order valence-corrected chi connectivity index (χ1v) is 4.87. The van der Waals surface area contributed by atoms with Crippen LogP contribution in [-0.2, 0) is 17.8 Å². The van der Waals surface area contributed by atoms with Gasteiger partial charge in [-0.2, -0.15) is 0 Å². The fraction of sp³-hybridized carbons (Fsp3) is 0.500. The SMILES string of the molecule is CCC(=O)N1CCc2nccnc2C1. The summed E-state index contributed by atoms with van der Waals surface area (Å²) in [6, 6.07) is 0. The van der Waals surface area contributed by atoms with E-state index in [-0.39, 0.29) is 5.91 Å². The number of fused-ring (bicyclic) bond motifs is 1. The largest absolute Gasteiger partial charge is 0.336 e. The van der Waals surface area contributed by atoms with Crippen molar-refractivity contribution in [1.82, 2.24) is 14.9 Å². The fourth-order valence-corrected chi connectivity index (χ4v) is 1.67. The molecule has 0 radical (unpaired) electrons. The molecule has 1 aromatic heterocycles. The van der Waals surface area contributed by atoms with E-state index >= 15 is 0 Å². The summed E-state index contributed by atoms with van der Waals surface area (Å²) in [5, 5.41) is 0. The summed E-state index contributed by atoms with van der Waals surface area (Å²) in [5.74, 6) is 0.196. The molecule has 2 rings (SSSR count). The van der Waals surface area contributed by atoms with E-state index in [1.54, 1.807) is 12.4 Å². The highest BCUT2D eigenvalue weighted by Gasteiger charge is 2.20. The molecule has 1 aromatic rings. The summed E-state index contributed by atoms with van der Waals surface area (Å²) in [4.78, 5) is 21.8. The van der Waals surface area contributed by atoms with Gasteiger partial charge in [0.05, 0.1) is 17.9 Å². The summed E-state index contributed by atoms with van der Waals surface area (Å²) in [5.41, 5.74) is 1.98. The molecule has 0 fully saturated rings. The van der Waals surface area contributed by atoms with Gasteiger partial charge in [-0.05, 0) is 0 Å². The first-order valence-electron chi connectivity index (χ1n) is 4.87. The number of hydrogen-bond donors (Lipinski definition) is 0. The van der Waals surface area contributed by atoms with E-state index in [1.165, 1.54) is 0 Å². The van der Waals surface area contributed by atoms with Gasteiger partial charge in [0.1, 0.15) is 0 Å². The van der Waals surface area contributed by atoms with Gasteiger partial charge in [-0.25, -0.2) is 0 Å². The number of rotatable bonds is 1. The third-order valence-electron chi connectivity index (χ3n) is 2.47. The Labute approximate surface area is 83.0 Å². The van der Waals surface area contributed by atoms with E-state index in [9.17, 15) is 4.79 Å². The van der Waals surface area contributed by atoms with Gasteiger partial charge in [0.25, 0.3) is 0 Å². The Morgan fingerprint density at radius 2 is 2.14 bits per heavy atom. The van der Waals surface area contributed by atoms with Crippen molar-refractivity contribution in [1.29, 1.82) is 0 Å². The van der Waals surface area contributed by atoms with Crippen molar-refractivity contribution >= 4 is 5.91 Å². The molecule has 1 aliphatic rings. The maximum Gasteiger partial charge on any atom is 0.222 e. The lowest BCUT2D eigenvalue weighted by Crippen LogP contribution is -2.36. The van der Waals surface area contributed by atoms with Crippen LogP contribution >= 0.6 is 0 Å². The van der Waals surface area contributed by atoms with Crippen molar-refractivity contribution in [2.24, 2.45) is 0 Å². The lowest BCUT2D eigenvalue weighted by Gasteiger charge is -2.26. The van der Waals surface area contributed by atoms with E-state index < -0.39 is 0 Å². The van der Waals surface area contributed by atoms with Crippen LogP contribution in [0.3, 0.4) is 0 Å². The third kappa shape index (κ3) is 1.60. The average molecular weight is 191 g/mol. The van der Waals surface area contributed by atoms with Crippen LogP contribution in [0.4, 0.5) is 0 Å². The fourth-order valence-electron chi connectivity index (χ4n) is 1.67. The molecule has 4 heteroatoms. The van der Waals surface area contributed by atoms with Crippen molar-refractivity contribution in [3.05, 3.63) is 23.8 Å². The summed E-state index contributed by atoms with van der Waals surface area (Å²) < 4.78 is 0. The van der Waals surface area contributed by atoms with Crippen LogP contribution in [0.2, 0.25) is 0 Å². The Kier molecular flexibility index (Phi) is 2.43. The molecular formula is C10H13N3O. The highest BCUT2D eigenvalue weighted by atomic mass is 16.2. The van der Waals surface area contributed by atoms with Gasteiger partial charge in [0.2, 0.25) is 5.91 Å². The van der Waals surface area contributed by atoms with E-state index in [0.717, 1.165) is 24.4 Å². The van der Waals surface area contributed by atoms with E-state index in [0.29, 0.717) is 13.0 Å². The zero-order valence-electron chi connectivity index (χ0n) is 8.23. The minimum atomic E-state index is 0.196. The van der Waals surface area contributed by atoms with Gasteiger partial charge in [-0.15, -0.1) is 0 Å². The number of amides is 1. The molecule has 1 amide bonds. The van der Waals surface area contributed by atoms with Crippen molar-refractivity contribution in [3.8, 4) is 0 Å². The van der Waals surface area contributed by atoms with Gasteiger partial charge in [0.15, 0.2) is 0 Å². The third-order valence-corrected chi connectivity index (χ3v) is 2.47. The highest BCUT2D eigenvalue weighted by Crippen LogP contribution is 2.14. The molecule has 1 aliphatic heterocycles. The van der Waals surface area contributed by atoms with Crippen molar-refractivity contribution in [2.45, 2.75) is 26.3 Å². The van der Waals surface area contributed by atoms with Crippen LogP contribution in [0, 0.1) is 0 Å². The monoisotopic (exact) mass is 191 g/mol. The number of carbonyl (C=O) groups is 1. The summed E-state index contributed by atoms with van der Waals surface area (Å²) in [7, 11) is 0. The molecule has 0 saturated carbocycles. The first-order chi connectivity index (χ1) is 6.81. The average Bonchev–Trinajstić information content (AvgIpc) is 2.27. The number of nitrogens with zero attached hydrogens (tertiary/aromatic N) is 3. The minimum Gasteiger partial charge on any atom is -0.336 e. The number of carbonyl (C=O) groups excluding carboxylic acids is 1. The molecule has 0 bridgehead atoms. The predicted octanol–water partition coefficient (Wildman–Crippen LogP) is 0.771. The van der Waals surface area contributed by atoms with Crippen LogP contribution in [0.1, 0.15) is 24.7 Å². The molecule has 14 heavy (non-hydrogen) atoms. The molecule has 0 atom stereocenters.